The molecule has 0 unspecified atom stereocenters. The average Bonchev–Trinajstić information content (AvgIpc) is 2.27. The van der Waals surface area contributed by atoms with Gasteiger partial charge in [-0.1, -0.05) is 0 Å². The molecule has 1 aromatic rings. The maximum atomic E-state index is 11.5. The Morgan fingerprint density at radius 1 is 1.59 bits per heavy atom. The molecule has 0 bridgehead atoms. The standard InChI is InChI=1S/C11H17N5O/c1-8(2)15-11(12)14-7-10(17)16-9-4-3-5-13-6-9/h3-6,8H,7H2,1-2H3,(H,16,17)(H3,12,14,15). The Bertz CT molecular complexity index is 388. The van der Waals surface area contributed by atoms with Gasteiger partial charge in [0.2, 0.25) is 5.91 Å². The molecule has 1 rings (SSSR count). The molecule has 6 heteroatoms. The van der Waals surface area contributed by atoms with Crippen LogP contribution in [-0.4, -0.2) is 29.4 Å². The first-order valence-corrected chi connectivity index (χ1v) is 5.34. The lowest BCUT2D eigenvalue weighted by molar-refractivity contribution is -0.114. The Morgan fingerprint density at radius 3 is 2.94 bits per heavy atom. The Balaban J connectivity index is 2.40. The van der Waals surface area contributed by atoms with Crippen LogP contribution >= 0.6 is 0 Å². The van der Waals surface area contributed by atoms with E-state index in [0.717, 1.165) is 0 Å². The largest absolute Gasteiger partial charge is 0.370 e. The normalized spacial score (nSPS) is 11.4. The predicted octanol–water partition coefficient (Wildman–Crippen LogP) is 0.333. The maximum absolute atomic E-state index is 11.5. The topological polar surface area (TPSA) is 92.4 Å². The summed E-state index contributed by atoms with van der Waals surface area (Å²) in [7, 11) is 0. The molecule has 6 nitrogen and oxygen atoms in total. The van der Waals surface area contributed by atoms with Crippen molar-refractivity contribution in [3.63, 3.8) is 0 Å². The smallest absolute Gasteiger partial charge is 0.246 e. The molecule has 1 heterocycles. The van der Waals surface area contributed by atoms with Crippen LogP contribution in [0.3, 0.4) is 0 Å². The third kappa shape index (κ3) is 5.50. The fourth-order valence-electron chi connectivity index (χ4n) is 1.14. The quantitative estimate of drug-likeness (QED) is 0.518. The van der Waals surface area contributed by atoms with Gasteiger partial charge in [0.1, 0.15) is 6.54 Å². The maximum Gasteiger partial charge on any atom is 0.246 e. The van der Waals surface area contributed by atoms with Crippen molar-refractivity contribution in [2.75, 3.05) is 11.9 Å². The number of nitrogens with zero attached hydrogens (tertiary/aromatic N) is 2. The predicted molar refractivity (Wildman–Crippen MR) is 67.6 cm³/mol. The van der Waals surface area contributed by atoms with Gasteiger partial charge in [0, 0.05) is 12.2 Å². The number of guanidine groups is 1. The minimum Gasteiger partial charge on any atom is -0.370 e. The van der Waals surface area contributed by atoms with E-state index >= 15 is 0 Å². The second-order valence-electron chi connectivity index (χ2n) is 3.79. The highest BCUT2D eigenvalue weighted by Gasteiger charge is 2.01. The summed E-state index contributed by atoms with van der Waals surface area (Å²) in [6.45, 7) is 3.87. The van der Waals surface area contributed by atoms with Crippen molar-refractivity contribution < 1.29 is 4.79 Å². The van der Waals surface area contributed by atoms with Gasteiger partial charge in [0.15, 0.2) is 5.96 Å². The van der Waals surface area contributed by atoms with Gasteiger partial charge in [-0.3, -0.25) is 9.78 Å². The van der Waals surface area contributed by atoms with Crippen LogP contribution in [0.1, 0.15) is 13.8 Å². The summed E-state index contributed by atoms with van der Waals surface area (Å²) < 4.78 is 0. The van der Waals surface area contributed by atoms with Crippen LogP contribution in [0.4, 0.5) is 5.69 Å². The fraction of sp³-hybridized carbons (Fsp3) is 0.364. The first-order valence-electron chi connectivity index (χ1n) is 5.34. The average molecular weight is 235 g/mol. The van der Waals surface area contributed by atoms with Gasteiger partial charge in [-0.25, -0.2) is 4.99 Å². The van der Waals surface area contributed by atoms with Gasteiger partial charge in [0.05, 0.1) is 11.9 Å². The van der Waals surface area contributed by atoms with Crippen LogP contribution in [0.5, 0.6) is 0 Å². The molecule has 0 aliphatic rings. The fourth-order valence-corrected chi connectivity index (χ4v) is 1.14. The summed E-state index contributed by atoms with van der Waals surface area (Å²) in [6.07, 6.45) is 3.20. The summed E-state index contributed by atoms with van der Waals surface area (Å²) >= 11 is 0. The molecular weight excluding hydrogens is 218 g/mol. The van der Waals surface area contributed by atoms with Crippen LogP contribution in [0.2, 0.25) is 0 Å². The Kier molecular flexibility index (Phi) is 4.93. The summed E-state index contributed by atoms with van der Waals surface area (Å²) in [4.78, 5) is 19.3. The number of aromatic nitrogens is 1. The van der Waals surface area contributed by atoms with Crippen LogP contribution in [-0.2, 0) is 4.79 Å². The van der Waals surface area contributed by atoms with Crippen molar-refractivity contribution in [1.29, 1.82) is 0 Å². The van der Waals surface area contributed by atoms with E-state index in [1.165, 1.54) is 0 Å². The third-order valence-corrected chi connectivity index (χ3v) is 1.77. The number of hydrogen-bond donors (Lipinski definition) is 3. The highest BCUT2D eigenvalue weighted by molar-refractivity contribution is 5.93. The van der Waals surface area contributed by atoms with Crippen LogP contribution in [0.15, 0.2) is 29.5 Å². The minimum atomic E-state index is -0.230. The van der Waals surface area contributed by atoms with E-state index in [1.54, 1.807) is 24.5 Å². The van der Waals surface area contributed by atoms with Crippen molar-refractivity contribution in [3.8, 4) is 0 Å². The van der Waals surface area contributed by atoms with E-state index < -0.39 is 0 Å². The molecule has 17 heavy (non-hydrogen) atoms. The van der Waals surface area contributed by atoms with Gasteiger partial charge >= 0.3 is 0 Å². The summed E-state index contributed by atoms with van der Waals surface area (Å²) in [5, 5.41) is 5.56. The number of aliphatic imine (C=N–C) groups is 1. The zero-order valence-corrected chi connectivity index (χ0v) is 9.97. The Labute approximate surface area is 100 Å². The van der Waals surface area contributed by atoms with E-state index in [2.05, 4.69) is 20.6 Å². The number of carbonyl (C=O) groups excluding carboxylic acids is 1. The molecule has 0 saturated heterocycles. The molecule has 0 aliphatic carbocycles. The van der Waals surface area contributed by atoms with E-state index in [4.69, 9.17) is 5.73 Å². The van der Waals surface area contributed by atoms with Crippen molar-refractivity contribution in [2.24, 2.45) is 10.7 Å². The number of anilines is 1. The summed E-state index contributed by atoms with van der Waals surface area (Å²) in [5.74, 6) is 0.0350. The lowest BCUT2D eigenvalue weighted by atomic mass is 10.4. The van der Waals surface area contributed by atoms with Crippen molar-refractivity contribution in [3.05, 3.63) is 24.5 Å². The lowest BCUT2D eigenvalue weighted by Gasteiger charge is -2.08. The Hall–Kier alpha value is -2.11. The highest BCUT2D eigenvalue weighted by atomic mass is 16.1. The molecule has 0 aromatic carbocycles. The number of nitrogens with two attached hydrogens (primary N) is 1. The molecule has 0 saturated carbocycles. The number of amides is 1. The van der Waals surface area contributed by atoms with E-state index in [-0.39, 0.29) is 24.5 Å². The number of nitrogens with one attached hydrogen (secondary N) is 2. The monoisotopic (exact) mass is 235 g/mol. The number of pyridine rings is 1. The van der Waals surface area contributed by atoms with E-state index in [0.29, 0.717) is 5.69 Å². The zero-order chi connectivity index (χ0) is 12.7. The van der Waals surface area contributed by atoms with Crippen LogP contribution in [0.25, 0.3) is 0 Å². The molecule has 1 amide bonds. The molecule has 1 aromatic heterocycles. The number of carbonyl (C=O) groups is 1. The molecular formula is C11H17N5O. The minimum absolute atomic E-state index is 0.0134. The molecule has 0 atom stereocenters. The molecule has 4 N–H and O–H groups in total. The van der Waals surface area contributed by atoms with Gasteiger partial charge in [-0.15, -0.1) is 0 Å². The Morgan fingerprint density at radius 2 is 2.35 bits per heavy atom. The number of rotatable bonds is 4. The van der Waals surface area contributed by atoms with Gasteiger partial charge in [-0.2, -0.15) is 0 Å². The van der Waals surface area contributed by atoms with Crippen molar-refractivity contribution in [2.45, 2.75) is 19.9 Å². The molecule has 0 fully saturated rings. The molecule has 0 radical (unpaired) electrons. The van der Waals surface area contributed by atoms with E-state index in [9.17, 15) is 4.79 Å². The van der Waals surface area contributed by atoms with Crippen molar-refractivity contribution >= 4 is 17.6 Å². The van der Waals surface area contributed by atoms with Gasteiger partial charge in [-0.05, 0) is 26.0 Å². The first-order chi connectivity index (χ1) is 8.08. The van der Waals surface area contributed by atoms with Gasteiger partial charge < -0.3 is 16.4 Å². The molecule has 92 valence electrons. The second-order valence-corrected chi connectivity index (χ2v) is 3.79. The summed E-state index contributed by atoms with van der Waals surface area (Å²) in [6, 6.07) is 3.69. The SMILES string of the molecule is CC(C)NC(N)=NCC(=O)Nc1cccnc1. The summed E-state index contributed by atoms with van der Waals surface area (Å²) in [5.41, 5.74) is 6.20. The van der Waals surface area contributed by atoms with Crippen molar-refractivity contribution in [1.82, 2.24) is 10.3 Å². The van der Waals surface area contributed by atoms with Crippen LogP contribution in [0, 0.1) is 0 Å². The second kappa shape index (κ2) is 6.47. The van der Waals surface area contributed by atoms with Gasteiger partial charge in [0.25, 0.3) is 0 Å². The first kappa shape index (κ1) is 13.0. The molecule has 0 spiro atoms. The zero-order valence-electron chi connectivity index (χ0n) is 9.97. The van der Waals surface area contributed by atoms with Crippen LogP contribution < -0.4 is 16.4 Å². The molecule has 0 aliphatic heterocycles. The highest BCUT2D eigenvalue weighted by Crippen LogP contribution is 2.01. The third-order valence-electron chi connectivity index (χ3n) is 1.77. The number of hydrogen-bond acceptors (Lipinski definition) is 3. The van der Waals surface area contributed by atoms with E-state index in [1.807, 2.05) is 13.8 Å². The lowest BCUT2D eigenvalue weighted by Crippen LogP contribution is -2.37.